The van der Waals surface area contributed by atoms with Gasteiger partial charge in [-0.3, -0.25) is 0 Å². The minimum Gasteiger partial charge on any atom is -0.348 e. The number of rotatable bonds is 1. The number of nitrogens with zero attached hydrogens (tertiary/aromatic N) is 1. The third kappa shape index (κ3) is 1.21. The lowest BCUT2D eigenvalue weighted by atomic mass is 10.1. The number of hydrogen-bond acceptors (Lipinski definition) is 1. The van der Waals surface area contributed by atoms with Crippen molar-refractivity contribution in [2.75, 3.05) is 0 Å². The Bertz CT molecular complexity index is 445. The molecule has 3 heteroatoms. The molecule has 2 rings (SSSR count). The topological polar surface area (TPSA) is 30.9 Å². The van der Waals surface area contributed by atoms with Crippen LogP contribution in [0, 0.1) is 5.82 Å². The molecule has 68 valence electrons. The van der Waals surface area contributed by atoms with Gasteiger partial charge in [0.05, 0.1) is 5.52 Å². The van der Waals surface area contributed by atoms with Gasteiger partial charge in [-0.25, -0.2) is 4.39 Å². The molecule has 0 radical (unpaired) electrons. The lowest BCUT2D eigenvalue weighted by Gasteiger charge is -2.01. The van der Waals surface area contributed by atoms with Crippen LogP contribution in [0.3, 0.4) is 0 Å². The Kier molecular flexibility index (Phi) is 1.81. The summed E-state index contributed by atoms with van der Waals surface area (Å²) in [6.07, 6.45) is 1.84. The fourth-order valence-electron chi connectivity index (χ4n) is 1.56. The van der Waals surface area contributed by atoms with Crippen molar-refractivity contribution < 1.29 is 4.39 Å². The molecular formula is C10H11FN2. The second-order valence-electron chi connectivity index (χ2n) is 3.15. The first kappa shape index (κ1) is 8.26. The molecule has 13 heavy (non-hydrogen) atoms. The van der Waals surface area contributed by atoms with E-state index < -0.39 is 0 Å². The van der Waals surface area contributed by atoms with Crippen LogP contribution < -0.4 is 5.73 Å². The van der Waals surface area contributed by atoms with E-state index in [1.54, 1.807) is 4.57 Å². The van der Waals surface area contributed by atoms with Crippen LogP contribution in [0.1, 0.15) is 5.56 Å². The molecule has 0 aliphatic heterocycles. The van der Waals surface area contributed by atoms with Gasteiger partial charge in [-0.05, 0) is 23.8 Å². The summed E-state index contributed by atoms with van der Waals surface area (Å²) >= 11 is 0. The normalized spacial score (nSPS) is 11.0. The molecular weight excluding hydrogens is 167 g/mol. The van der Waals surface area contributed by atoms with E-state index in [1.807, 2.05) is 25.4 Å². The maximum Gasteiger partial charge on any atom is 0.147 e. The Hall–Kier alpha value is -1.35. The summed E-state index contributed by atoms with van der Waals surface area (Å²) in [6, 6.07) is 5.29. The minimum atomic E-state index is -0.203. The number of aromatic nitrogens is 1. The predicted molar refractivity (Wildman–Crippen MR) is 50.8 cm³/mol. The lowest BCUT2D eigenvalue weighted by molar-refractivity contribution is 0.630. The number of nitrogens with two attached hydrogens (primary N) is 1. The molecule has 0 bridgehead atoms. The smallest absolute Gasteiger partial charge is 0.147 e. The maximum absolute atomic E-state index is 13.5. The highest BCUT2D eigenvalue weighted by Gasteiger charge is 2.05. The second-order valence-corrected chi connectivity index (χ2v) is 3.15. The number of aryl methyl sites for hydroxylation is 1. The zero-order valence-electron chi connectivity index (χ0n) is 7.42. The van der Waals surface area contributed by atoms with Gasteiger partial charge in [0.1, 0.15) is 5.82 Å². The van der Waals surface area contributed by atoms with Crippen LogP contribution in [0.4, 0.5) is 4.39 Å². The molecule has 0 fully saturated rings. The molecule has 2 aromatic rings. The third-order valence-electron chi connectivity index (χ3n) is 2.22. The largest absolute Gasteiger partial charge is 0.348 e. The molecule has 1 aromatic carbocycles. The van der Waals surface area contributed by atoms with Gasteiger partial charge in [0.25, 0.3) is 0 Å². The van der Waals surface area contributed by atoms with E-state index in [0.29, 0.717) is 12.1 Å². The zero-order chi connectivity index (χ0) is 9.42. The molecule has 0 amide bonds. The molecule has 1 heterocycles. The van der Waals surface area contributed by atoms with Gasteiger partial charge in [0.2, 0.25) is 0 Å². The molecule has 0 aliphatic rings. The second kappa shape index (κ2) is 2.85. The quantitative estimate of drug-likeness (QED) is 0.709. The number of hydrogen-bond donors (Lipinski definition) is 1. The van der Waals surface area contributed by atoms with E-state index in [1.165, 1.54) is 6.07 Å². The first-order valence-electron chi connectivity index (χ1n) is 4.16. The van der Waals surface area contributed by atoms with Crippen molar-refractivity contribution >= 4 is 10.9 Å². The molecule has 0 spiro atoms. The highest BCUT2D eigenvalue weighted by molar-refractivity contribution is 5.81. The van der Waals surface area contributed by atoms with Crippen molar-refractivity contribution in [3.05, 3.63) is 35.8 Å². The SMILES string of the molecule is Cn1ccc2cc(CN)cc(F)c21. The summed E-state index contributed by atoms with van der Waals surface area (Å²) < 4.78 is 15.2. The van der Waals surface area contributed by atoms with Crippen LogP contribution in [0.25, 0.3) is 10.9 Å². The average molecular weight is 178 g/mol. The average Bonchev–Trinajstić information content (AvgIpc) is 2.48. The van der Waals surface area contributed by atoms with Crippen molar-refractivity contribution in [1.29, 1.82) is 0 Å². The van der Waals surface area contributed by atoms with Crippen molar-refractivity contribution in [1.82, 2.24) is 4.57 Å². The van der Waals surface area contributed by atoms with Crippen molar-refractivity contribution in [3.63, 3.8) is 0 Å². The molecule has 0 aliphatic carbocycles. The monoisotopic (exact) mass is 178 g/mol. The molecule has 0 saturated carbocycles. The summed E-state index contributed by atoms with van der Waals surface area (Å²) in [7, 11) is 1.83. The van der Waals surface area contributed by atoms with Crippen LogP contribution in [0.2, 0.25) is 0 Å². The van der Waals surface area contributed by atoms with Crippen molar-refractivity contribution in [3.8, 4) is 0 Å². The van der Waals surface area contributed by atoms with E-state index in [-0.39, 0.29) is 5.82 Å². The Morgan fingerprint density at radius 2 is 2.23 bits per heavy atom. The van der Waals surface area contributed by atoms with E-state index >= 15 is 0 Å². The molecule has 1 aromatic heterocycles. The van der Waals surface area contributed by atoms with E-state index in [4.69, 9.17) is 5.73 Å². The van der Waals surface area contributed by atoms with Crippen molar-refractivity contribution in [2.24, 2.45) is 12.8 Å². The van der Waals surface area contributed by atoms with Gasteiger partial charge < -0.3 is 10.3 Å². The fourth-order valence-corrected chi connectivity index (χ4v) is 1.56. The van der Waals surface area contributed by atoms with E-state index in [0.717, 1.165) is 10.9 Å². The summed E-state index contributed by atoms with van der Waals surface area (Å²) in [5, 5.41) is 0.906. The summed E-state index contributed by atoms with van der Waals surface area (Å²) in [6.45, 7) is 0.377. The summed E-state index contributed by atoms with van der Waals surface area (Å²) in [5.74, 6) is -0.203. The standard InChI is InChI=1S/C10H11FN2/c1-13-3-2-8-4-7(6-12)5-9(11)10(8)13/h2-5H,6,12H2,1H3. The third-order valence-corrected chi connectivity index (χ3v) is 2.22. The maximum atomic E-state index is 13.5. The van der Waals surface area contributed by atoms with Crippen molar-refractivity contribution in [2.45, 2.75) is 6.54 Å². The molecule has 2 N–H and O–H groups in total. The lowest BCUT2D eigenvalue weighted by Crippen LogP contribution is -1.97. The number of halogens is 1. The van der Waals surface area contributed by atoms with E-state index in [2.05, 4.69) is 0 Å². The van der Waals surface area contributed by atoms with Gasteiger partial charge in [0, 0.05) is 25.2 Å². The first-order chi connectivity index (χ1) is 6.22. The molecule has 0 atom stereocenters. The van der Waals surface area contributed by atoms with E-state index in [9.17, 15) is 4.39 Å². The highest BCUT2D eigenvalue weighted by Crippen LogP contribution is 2.20. The van der Waals surface area contributed by atoms with Gasteiger partial charge in [-0.2, -0.15) is 0 Å². The summed E-state index contributed by atoms with van der Waals surface area (Å²) in [4.78, 5) is 0. The Morgan fingerprint density at radius 1 is 1.46 bits per heavy atom. The summed E-state index contributed by atoms with van der Waals surface area (Å²) in [5.41, 5.74) is 6.91. The molecule has 0 saturated heterocycles. The fraction of sp³-hybridized carbons (Fsp3) is 0.200. The van der Waals surface area contributed by atoms with Crippen LogP contribution in [0.15, 0.2) is 24.4 Å². The van der Waals surface area contributed by atoms with Gasteiger partial charge in [-0.15, -0.1) is 0 Å². The number of benzene rings is 1. The van der Waals surface area contributed by atoms with Gasteiger partial charge in [0.15, 0.2) is 0 Å². The van der Waals surface area contributed by atoms with Gasteiger partial charge >= 0.3 is 0 Å². The Balaban J connectivity index is 2.79. The first-order valence-corrected chi connectivity index (χ1v) is 4.16. The van der Waals surface area contributed by atoms with Crippen LogP contribution in [-0.2, 0) is 13.6 Å². The number of fused-ring (bicyclic) bond motifs is 1. The zero-order valence-corrected chi connectivity index (χ0v) is 7.42. The predicted octanol–water partition coefficient (Wildman–Crippen LogP) is 1.78. The Labute approximate surface area is 75.8 Å². The van der Waals surface area contributed by atoms with Gasteiger partial charge in [-0.1, -0.05) is 0 Å². The molecule has 0 unspecified atom stereocenters. The van der Waals surface area contributed by atoms with Crippen LogP contribution in [0.5, 0.6) is 0 Å². The molecule has 2 nitrogen and oxygen atoms in total. The van der Waals surface area contributed by atoms with Crippen LogP contribution >= 0.6 is 0 Å². The minimum absolute atomic E-state index is 0.203. The highest BCUT2D eigenvalue weighted by atomic mass is 19.1. The van der Waals surface area contributed by atoms with Crippen LogP contribution in [-0.4, -0.2) is 4.57 Å². The Morgan fingerprint density at radius 3 is 2.92 bits per heavy atom.